The Labute approximate surface area is 76.1 Å². The Kier molecular flexibility index (Phi) is 2.40. The molecule has 0 N–H and O–H groups in total. The van der Waals surface area contributed by atoms with Gasteiger partial charge in [-0.05, 0) is 44.2 Å². The summed E-state index contributed by atoms with van der Waals surface area (Å²) in [6.07, 6.45) is 8.75. The fourth-order valence-corrected chi connectivity index (χ4v) is 2.39. The predicted octanol–water partition coefficient (Wildman–Crippen LogP) is 2.66. The van der Waals surface area contributed by atoms with Gasteiger partial charge in [-0.1, -0.05) is 19.8 Å². The number of nitrogens with zero attached hydrogens (tertiary/aromatic N) is 1. The van der Waals surface area contributed by atoms with E-state index in [1.165, 1.54) is 58.2 Å². The van der Waals surface area contributed by atoms with Crippen molar-refractivity contribution in [2.75, 3.05) is 19.6 Å². The summed E-state index contributed by atoms with van der Waals surface area (Å²) in [5, 5.41) is 0. The highest BCUT2D eigenvalue weighted by atomic mass is 15.2. The molecule has 1 saturated heterocycles. The summed E-state index contributed by atoms with van der Waals surface area (Å²) >= 11 is 0. The van der Waals surface area contributed by atoms with E-state index in [1.54, 1.807) is 0 Å². The smallest absolute Gasteiger partial charge is 0.00385 e. The molecule has 12 heavy (non-hydrogen) atoms. The number of rotatable bonds is 4. The lowest BCUT2D eigenvalue weighted by molar-refractivity contribution is 0.312. The summed E-state index contributed by atoms with van der Waals surface area (Å²) in [4.78, 5) is 2.68. The van der Waals surface area contributed by atoms with Crippen molar-refractivity contribution in [2.45, 2.75) is 45.4 Å². The van der Waals surface area contributed by atoms with E-state index in [0.29, 0.717) is 0 Å². The molecule has 0 atom stereocenters. The molecule has 0 aromatic rings. The van der Waals surface area contributed by atoms with Crippen LogP contribution in [0.4, 0.5) is 0 Å². The van der Waals surface area contributed by atoms with Gasteiger partial charge in [0.15, 0.2) is 0 Å². The number of hydrogen-bond donors (Lipinski definition) is 0. The Morgan fingerprint density at radius 1 is 1.17 bits per heavy atom. The molecule has 1 spiro atoms. The molecule has 1 nitrogen and oxygen atoms in total. The molecular formula is C11H21N. The summed E-state index contributed by atoms with van der Waals surface area (Å²) in [5.74, 6) is 0. The summed E-state index contributed by atoms with van der Waals surface area (Å²) in [5.41, 5.74) is 0.839. The number of unbranched alkanes of at least 4 members (excludes halogenated alkanes) is 2. The van der Waals surface area contributed by atoms with Crippen LogP contribution in [-0.4, -0.2) is 24.5 Å². The monoisotopic (exact) mass is 167 g/mol. The van der Waals surface area contributed by atoms with Crippen LogP contribution in [-0.2, 0) is 0 Å². The van der Waals surface area contributed by atoms with E-state index < -0.39 is 0 Å². The maximum atomic E-state index is 2.68. The third kappa shape index (κ3) is 1.82. The van der Waals surface area contributed by atoms with Crippen LogP contribution in [0.1, 0.15) is 45.4 Å². The normalized spacial score (nSPS) is 26.8. The van der Waals surface area contributed by atoms with Crippen LogP contribution < -0.4 is 0 Å². The molecular weight excluding hydrogens is 146 g/mol. The zero-order valence-electron chi connectivity index (χ0n) is 8.31. The Balaban J connectivity index is 1.63. The maximum absolute atomic E-state index is 2.68. The molecule has 1 saturated carbocycles. The molecule has 2 rings (SSSR count). The third-order valence-electron chi connectivity index (χ3n) is 3.55. The van der Waals surface area contributed by atoms with E-state index in [1.807, 2.05) is 0 Å². The van der Waals surface area contributed by atoms with Gasteiger partial charge in [0, 0.05) is 6.54 Å². The predicted molar refractivity (Wildman–Crippen MR) is 52.2 cm³/mol. The van der Waals surface area contributed by atoms with Crippen molar-refractivity contribution in [3.05, 3.63) is 0 Å². The lowest BCUT2D eigenvalue weighted by atomic mass is 10.1. The second-order valence-corrected chi connectivity index (χ2v) is 4.73. The molecule has 0 radical (unpaired) electrons. The van der Waals surface area contributed by atoms with Crippen LogP contribution in [0.15, 0.2) is 0 Å². The average Bonchev–Trinajstić information content (AvgIpc) is 2.68. The molecule has 0 aromatic carbocycles. The molecule has 70 valence electrons. The van der Waals surface area contributed by atoms with Gasteiger partial charge in [0.05, 0.1) is 0 Å². The van der Waals surface area contributed by atoms with Crippen molar-refractivity contribution in [1.29, 1.82) is 0 Å². The van der Waals surface area contributed by atoms with Crippen LogP contribution in [0.5, 0.6) is 0 Å². The average molecular weight is 167 g/mol. The minimum Gasteiger partial charge on any atom is -0.303 e. The highest BCUT2D eigenvalue weighted by Crippen LogP contribution is 2.52. The fraction of sp³-hybridized carbons (Fsp3) is 1.00. The molecule has 2 aliphatic rings. The summed E-state index contributed by atoms with van der Waals surface area (Å²) in [7, 11) is 0. The molecule has 1 heteroatoms. The van der Waals surface area contributed by atoms with Crippen molar-refractivity contribution >= 4 is 0 Å². The molecule has 2 fully saturated rings. The SMILES string of the molecule is CCCCCN1CCC2(CC2)C1. The second-order valence-electron chi connectivity index (χ2n) is 4.73. The van der Waals surface area contributed by atoms with Gasteiger partial charge < -0.3 is 4.90 Å². The Hall–Kier alpha value is -0.0400. The summed E-state index contributed by atoms with van der Waals surface area (Å²) < 4.78 is 0. The van der Waals surface area contributed by atoms with Crippen molar-refractivity contribution in [2.24, 2.45) is 5.41 Å². The minimum atomic E-state index is 0.839. The zero-order chi connectivity index (χ0) is 8.44. The molecule has 0 amide bonds. The fourth-order valence-electron chi connectivity index (χ4n) is 2.39. The van der Waals surface area contributed by atoms with E-state index in [9.17, 15) is 0 Å². The number of likely N-dealkylation sites (tertiary alicyclic amines) is 1. The Bertz CT molecular complexity index is 149. The standard InChI is InChI=1S/C11H21N/c1-2-3-4-8-12-9-7-11(10-12)5-6-11/h2-10H2,1H3. The third-order valence-corrected chi connectivity index (χ3v) is 3.55. The molecule has 0 unspecified atom stereocenters. The lowest BCUT2D eigenvalue weighted by Crippen LogP contribution is -2.22. The van der Waals surface area contributed by atoms with Gasteiger partial charge in [0.25, 0.3) is 0 Å². The van der Waals surface area contributed by atoms with Gasteiger partial charge in [-0.25, -0.2) is 0 Å². The second kappa shape index (κ2) is 3.37. The van der Waals surface area contributed by atoms with Crippen LogP contribution >= 0.6 is 0 Å². The van der Waals surface area contributed by atoms with Crippen LogP contribution in [0.3, 0.4) is 0 Å². The molecule has 1 aliphatic heterocycles. The van der Waals surface area contributed by atoms with E-state index in [2.05, 4.69) is 11.8 Å². The van der Waals surface area contributed by atoms with E-state index in [-0.39, 0.29) is 0 Å². The lowest BCUT2D eigenvalue weighted by Gasteiger charge is -2.14. The minimum absolute atomic E-state index is 0.839. The van der Waals surface area contributed by atoms with Crippen molar-refractivity contribution in [1.82, 2.24) is 4.90 Å². The molecule has 1 heterocycles. The first kappa shape index (κ1) is 8.55. The van der Waals surface area contributed by atoms with Crippen LogP contribution in [0.2, 0.25) is 0 Å². The van der Waals surface area contributed by atoms with Gasteiger partial charge in [-0.3, -0.25) is 0 Å². The highest BCUT2D eigenvalue weighted by Gasteiger charge is 2.47. The van der Waals surface area contributed by atoms with Crippen molar-refractivity contribution < 1.29 is 0 Å². The molecule has 1 aliphatic carbocycles. The van der Waals surface area contributed by atoms with Gasteiger partial charge in [-0.15, -0.1) is 0 Å². The summed E-state index contributed by atoms with van der Waals surface area (Å²) in [6.45, 7) is 6.47. The largest absolute Gasteiger partial charge is 0.303 e. The van der Waals surface area contributed by atoms with E-state index in [0.717, 1.165) is 5.41 Å². The molecule has 0 aromatic heterocycles. The summed E-state index contributed by atoms with van der Waals surface area (Å²) in [6, 6.07) is 0. The quantitative estimate of drug-likeness (QED) is 0.582. The first-order valence-corrected chi connectivity index (χ1v) is 5.57. The Morgan fingerprint density at radius 2 is 2.00 bits per heavy atom. The number of hydrogen-bond acceptors (Lipinski definition) is 1. The highest BCUT2D eigenvalue weighted by molar-refractivity contribution is 5.00. The topological polar surface area (TPSA) is 3.24 Å². The zero-order valence-corrected chi connectivity index (χ0v) is 8.31. The van der Waals surface area contributed by atoms with E-state index >= 15 is 0 Å². The van der Waals surface area contributed by atoms with Crippen LogP contribution in [0, 0.1) is 5.41 Å². The van der Waals surface area contributed by atoms with Crippen molar-refractivity contribution in [3.63, 3.8) is 0 Å². The molecule has 0 bridgehead atoms. The van der Waals surface area contributed by atoms with Gasteiger partial charge >= 0.3 is 0 Å². The first-order valence-electron chi connectivity index (χ1n) is 5.57. The van der Waals surface area contributed by atoms with Crippen molar-refractivity contribution in [3.8, 4) is 0 Å². The van der Waals surface area contributed by atoms with E-state index in [4.69, 9.17) is 0 Å². The van der Waals surface area contributed by atoms with Gasteiger partial charge in [0.1, 0.15) is 0 Å². The van der Waals surface area contributed by atoms with Crippen LogP contribution in [0.25, 0.3) is 0 Å². The maximum Gasteiger partial charge on any atom is 0.00385 e. The Morgan fingerprint density at radius 3 is 2.58 bits per heavy atom. The van der Waals surface area contributed by atoms with Gasteiger partial charge in [0.2, 0.25) is 0 Å². The van der Waals surface area contributed by atoms with Gasteiger partial charge in [-0.2, -0.15) is 0 Å². The first-order chi connectivity index (χ1) is 5.85.